The van der Waals surface area contributed by atoms with Crippen LogP contribution in [0.4, 0.5) is 0 Å². The van der Waals surface area contributed by atoms with E-state index in [0.29, 0.717) is 0 Å². The largest absolute Gasteiger partial charge is 0.330 e. The van der Waals surface area contributed by atoms with Crippen molar-refractivity contribution in [3.05, 3.63) is 48.3 Å². The maximum absolute atomic E-state index is 7.94. The summed E-state index contributed by atoms with van der Waals surface area (Å²) in [4.78, 5) is 5.01. The summed E-state index contributed by atoms with van der Waals surface area (Å²) < 4.78 is 27.5. The normalized spacial score (nSPS) is 15.9. The molecule has 0 amide bonds. The zero-order valence-electron chi connectivity index (χ0n) is 13.5. The molecule has 0 radical (unpaired) electrons. The van der Waals surface area contributed by atoms with Crippen LogP contribution in [0.25, 0.3) is 31.8 Å². The van der Waals surface area contributed by atoms with Gasteiger partial charge in [-0.2, -0.15) is 4.57 Å². The van der Waals surface area contributed by atoms with Gasteiger partial charge >= 0.3 is 0 Å². The fraction of sp³-hybridized carbons (Fsp3) is 0.125. The van der Waals surface area contributed by atoms with Crippen LogP contribution in [-0.2, 0) is 13.5 Å². The third-order valence-corrected chi connectivity index (χ3v) is 5.18. The molecule has 0 saturated heterocycles. The molecule has 0 N–H and O–H groups in total. The number of para-hydroxylation sites is 1. The van der Waals surface area contributed by atoms with Crippen LogP contribution in [0.1, 0.15) is 9.68 Å². The van der Waals surface area contributed by atoms with Crippen LogP contribution in [0.15, 0.2) is 42.7 Å². The van der Waals surface area contributed by atoms with E-state index in [2.05, 4.69) is 9.55 Å². The highest BCUT2D eigenvalue weighted by molar-refractivity contribution is 7.21. The highest BCUT2D eigenvalue weighted by Crippen LogP contribution is 2.38. The van der Waals surface area contributed by atoms with E-state index in [1.807, 2.05) is 36.5 Å². The van der Waals surface area contributed by atoms with Crippen LogP contribution in [0.2, 0.25) is 0 Å². The van der Waals surface area contributed by atoms with Crippen molar-refractivity contribution in [1.82, 2.24) is 9.55 Å². The quantitative estimate of drug-likeness (QED) is 0.400. The smallest absolute Gasteiger partial charge is 0.272 e. The Morgan fingerprint density at radius 2 is 2.30 bits per heavy atom. The Kier molecular flexibility index (Phi) is 1.41. The van der Waals surface area contributed by atoms with E-state index >= 15 is 0 Å². The number of hydrogen-bond donors (Lipinski definition) is 0. The zero-order valence-corrected chi connectivity index (χ0v) is 11.3. The lowest BCUT2D eigenvalue weighted by atomic mass is 10.2. The zero-order chi connectivity index (χ0) is 15.8. The Morgan fingerprint density at radius 1 is 1.35 bits per heavy atom. The molecule has 0 fully saturated rings. The molecule has 3 nitrogen and oxygen atoms in total. The summed E-state index contributed by atoms with van der Waals surface area (Å²) in [6, 6.07) is 9.73. The predicted octanol–water partition coefficient (Wildman–Crippen LogP) is 3.10. The summed E-state index contributed by atoms with van der Waals surface area (Å²) in [7, 11) is 0. The van der Waals surface area contributed by atoms with Gasteiger partial charge in [-0.15, -0.1) is 0 Å². The first-order chi connectivity index (χ1) is 11.1. The summed E-state index contributed by atoms with van der Waals surface area (Å²) in [5.41, 5.74) is 4.11. The second-order valence-electron chi connectivity index (χ2n) is 5.03. The summed E-state index contributed by atoms with van der Waals surface area (Å²) in [5.74, 6) is 0. The number of nitrogens with zero attached hydrogens (tertiary/aromatic N) is 3. The van der Waals surface area contributed by atoms with Gasteiger partial charge in [-0.25, -0.2) is 0 Å². The molecule has 3 aromatic heterocycles. The van der Waals surface area contributed by atoms with Crippen molar-refractivity contribution in [2.45, 2.75) is 6.54 Å². The molecule has 4 heteroatoms. The van der Waals surface area contributed by atoms with Crippen molar-refractivity contribution in [2.75, 3.05) is 0 Å². The predicted molar refractivity (Wildman–Crippen MR) is 80.8 cm³/mol. The van der Waals surface area contributed by atoms with Crippen molar-refractivity contribution in [2.24, 2.45) is 6.98 Å². The number of fused-ring (bicyclic) bond motifs is 7. The van der Waals surface area contributed by atoms with E-state index in [9.17, 15) is 0 Å². The second-order valence-corrected chi connectivity index (χ2v) is 6.01. The lowest BCUT2D eigenvalue weighted by molar-refractivity contribution is -0.641. The number of benzene rings is 1. The molecule has 0 atom stereocenters. The topological polar surface area (TPSA) is 21.7 Å². The number of pyridine rings is 1. The minimum atomic E-state index is -2.19. The molecule has 0 saturated carbocycles. The van der Waals surface area contributed by atoms with Gasteiger partial charge in [0.2, 0.25) is 0 Å². The molecule has 0 aliphatic carbocycles. The molecule has 1 aliphatic rings. The first kappa shape index (κ1) is 8.17. The van der Waals surface area contributed by atoms with Crippen molar-refractivity contribution >= 4 is 32.6 Å². The molecule has 1 aromatic carbocycles. The van der Waals surface area contributed by atoms with Crippen LogP contribution in [0, 0.1) is 0 Å². The van der Waals surface area contributed by atoms with Crippen LogP contribution < -0.4 is 4.57 Å². The fourth-order valence-corrected chi connectivity index (χ4v) is 4.35. The maximum atomic E-state index is 7.94. The van der Waals surface area contributed by atoms with Gasteiger partial charge in [-0.05, 0) is 29.5 Å². The minimum Gasteiger partial charge on any atom is -0.330 e. The second kappa shape index (κ2) is 3.46. The number of aryl methyl sites for hydroxylation is 1. The third kappa shape index (κ3) is 1.11. The average Bonchev–Trinajstić information content (AvgIpc) is 3.12. The standard InChI is InChI=1S/C16H12N3S/c1-18-13-5-3-2-4-12(13)14-16(18)20-15-11-6-7-17-8-10(11)9-19(14)15/h2-8H,9H2,1H3/q+1/i1D3. The Bertz CT molecular complexity index is 1090. The highest BCUT2D eigenvalue weighted by Gasteiger charge is 2.34. The van der Waals surface area contributed by atoms with Crippen molar-refractivity contribution in [3.8, 4) is 10.6 Å². The van der Waals surface area contributed by atoms with Crippen molar-refractivity contribution in [3.63, 3.8) is 0 Å². The first-order valence-electron chi connectivity index (χ1n) is 7.95. The van der Waals surface area contributed by atoms with E-state index in [0.717, 1.165) is 38.4 Å². The van der Waals surface area contributed by atoms with Gasteiger partial charge in [0.1, 0.15) is 0 Å². The first-order valence-corrected chi connectivity index (χ1v) is 7.27. The van der Waals surface area contributed by atoms with E-state index in [4.69, 9.17) is 4.11 Å². The van der Waals surface area contributed by atoms with Crippen LogP contribution in [-0.4, -0.2) is 9.55 Å². The summed E-state index contributed by atoms with van der Waals surface area (Å²) in [6.45, 7) is -1.45. The van der Waals surface area contributed by atoms with Gasteiger partial charge in [0.15, 0.2) is 11.4 Å². The van der Waals surface area contributed by atoms with Gasteiger partial charge in [-0.3, -0.25) is 4.98 Å². The molecule has 0 spiro atoms. The van der Waals surface area contributed by atoms with Crippen LogP contribution >= 0.6 is 11.3 Å². The molecule has 0 unspecified atom stereocenters. The van der Waals surface area contributed by atoms with Gasteiger partial charge in [-0.1, -0.05) is 12.1 Å². The molecule has 0 bridgehead atoms. The summed E-state index contributed by atoms with van der Waals surface area (Å²) >= 11 is 1.55. The van der Waals surface area contributed by atoms with E-state index < -0.39 is 6.98 Å². The van der Waals surface area contributed by atoms with Gasteiger partial charge in [0.05, 0.1) is 16.5 Å². The van der Waals surface area contributed by atoms with Crippen molar-refractivity contribution < 1.29 is 8.68 Å². The van der Waals surface area contributed by atoms with Crippen LogP contribution in [0.5, 0.6) is 0 Å². The third-order valence-electron chi connectivity index (χ3n) is 3.98. The van der Waals surface area contributed by atoms with E-state index in [1.54, 1.807) is 17.5 Å². The molecule has 1 aliphatic heterocycles. The monoisotopic (exact) mass is 281 g/mol. The highest BCUT2D eigenvalue weighted by atomic mass is 32.1. The molecule has 4 heterocycles. The number of hydrogen-bond acceptors (Lipinski definition) is 2. The molecule has 5 rings (SSSR count). The Morgan fingerprint density at radius 3 is 3.25 bits per heavy atom. The summed E-state index contributed by atoms with van der Waals surface area (Å²) in [6.07, 6.45) is 3.68. The van der Waals surface area contributed by atoms with Gasteiger partial charge in [0, 0.05) is 29.0 Å². The molecule has 96 valence electrons. The van der Waals surface area contributed by atoms with Gasteiger partial charge in [0.25, 0.3) is 10.5 Å². The molecule has 4 aromatic rings. The average molecular weight is 281 g/mol. The Hall–Kier alpha value is -2.20. The number of thiazole rings is 1. The summed E-state index contributed by atoms with van der Waals surface area (Å²) in [5, 5.41) is 2.10. The molecule has 20 heavy (non-hydrogen) atoms. The van der Waals surface area contributed by atoms with Crippen molar-refractivity contribution in [1.29, 1.82) is 0 Å². The Balaban J connectivity index is 1.96. The SMILES string of the molecule is [2H]C([2H])([2H])n1c2ccccc2c2c1sc1[n+]2Cc2cnccc2-1. The Labute approximate surface area is 123 Å². The fourth-order valence-electron chi connectivity index (χ4n) is 3.09. The lowest BCUT2D eigenvalue weighted by Crippen LogP contribution is -2.30. The molecular formula is C16H12N3S+. The minimum absolute atomic E-state index is 0.744. The number of aromatic nitrogens is 3. The van der Waals surface area contributed by atoms with Crippen LogP contribution in [0.3, 0.4) is 0 Å². The van der Waals surface area contributed by atoms with E-state index in [1.165, 1.54) is 10.1 Å². The lowest BCUT2D eigenvalue weighted by Gasteiger charge is -1.94. The molecular weight excluding hydrogens is 266 g/mol. The number of rotatable bonds is 0. The van der Waals surface area contributed by atoms with E-state index in [-0.39, 0.29) is 0 Å². The van der Waals surface area contributed by atoms with Gasteiger partial charge < -0.3 is 4.57 Å². The maximum Gasteiger partial charge on any atom is 0.272 e.